The van der Waals surface area contributed by atoms with Crippen LogP contribution in [-0.2, 0) is 0 Å². The van der Waals surface area contributed by atoms with Crippen molar-refractivity contribution in [2.24, 2.45) is 11.7 Å². The van der Waals surface area contributed by atoms with Crippen LogP contribution in [0.3, 0.4) is 0 Å². The standard InChI is InChI=1S/C10H13BrClNO/c1-5(2)9(13)8-7(12)4-3-6(11)10(8)14/h3-5,9,14H,13H2,1-2H3/t9-/m0/s1. The van der Waals surface area contributed by atoms with Crippen LogP contribution < -0.4 is 5.73 Å². The summed E-state index contributed by atoms with van der Waals surface area (Å²) in [6.07, 6.45) is 0. The largest absolute Gasteiger partial charge is 0.506 e. The van der Waals surface area contributed by atoms with Crippen LogP contribution in [0, 0.1) is 5.92 Å². The van der Waals surface area contributed by atoms with E-state index in [4.69, 9.17) is 17.3 Å². The number of benzene rings is 1. The minimum Gasteiger partial charge on any atom is -0.506 e. The molecule has 0 unspecified atom stereocenters. The molecule has 1 aromatic rings. The van der Waals surface area contributed by atoms with Gasteiger partial charge in [-0.05, 0) is 34.0 Å². The molecular formula is C10H13BrClNO. The number of hydrogen-bond acceptors (Lipinski definition) is 2. The molecule has 0 aliphatic rings. The van der Waals surface area contributed by atoms with E-state index in [-0.39, 0.29) is 17.7 Å². The Balaban J connectivity index is 3.25. The van der Waals surface area contributed by atoms with Crippen molar-refractivity contribution in [3.05, 3.63) is 27.2 Å². The predicted octanol–water partition coefficient (Wildman–Crippen LogP) is 3.46. The fourth-order valence-electron chi connectivity index (χ4n) is 1.21. The first-order valence-electron chi connectivity index (χ1n) is 4.37. The second-order valence-corrected chi connectivity index (χ2v) is 4.82. The number of hydrogen-bond donors (Lipinski definition) is 2. The first kappa shape index (κ1) is 11.8. The summed E-state index contributed by atoms with van der Waals surface area (Å²) in [5.41, 5.74) is 6.55. The van der Waals surface area contributed by atoms with Gasteiger partial charge in [0, 0.05) is 16.6 Å². The van der Waals surface area contributed by atoms with Gasteiger partial charge in [0.25, 0.3) is 0 Å². The molecule has 14 heavy (non-hydrogen) atoms. The lowest BCUT2D eigenvalue weighted by Crippen LogP contribution is -2.17. The van der Waals surface area contributed by atoms with Crippen LogP contribution >= 0.6 is 27.5 Å². The van der Waals surface area contributed by atoms with Crippen molar-refractivity contribution in [1.82, 2.24) is 0 Å². The highest BCUT2D eigenvalue weighted by Gasteiger charge is 2.19. The van der Waals surface area contributed by atoms with E-state index >= 15 is 0 Å². The molecular weight excluding hydrogens is 265 g/mol. The predicted molar refractivity (Wildman–Crippen MR) is 62.6 cm³/mol. The molecule has 0 heterocycles. The summed E-state index contributed by atoms with van der Waals surface area (Å²) in [5, 5.41) is 10.3. The van der Waals surface area contributed by atoms with Crippen LogP contribution in [0.4, 0.5) is 0 Å². The maximum absolute atomic E-state index is 9.79. The zero-order chi connectivity index (χ0) is 10.9. The van der Waals surface area contributed by atoms with E-state index < -0.39 is 0 Å². The van der Waals surface area contributed by atoms with Gasteiger partial charge in [0.1, 0.15) is 5.75 Å². The van der Waals surface area contributed by atoms with Gasteiger partial charge in [-0.3, -0.25) is 0 Å². The van der Waals surface area contributed by atoms with E-state index in [9.17, 15) is 5.11 Å². The van der Waals surface area contributed by atoms with Crippen molar-refractivity contribution >= 4 is 27.5 Å². The molecule has 0 radical (unpaired) electrons. The Morgan fingerprint density at radius 3 is 2.50 bits per heavy atom. The van der Waals surface area contributed by atoms with Gasteiger partial charge in [0.15, 0.2) is 0 Å². The van der Waals surface area contributed by atoms with Gasteiger partial charge >= 0.3 is 0 Å². The third-order valence-electron chi connectivity index (χ3n) is 2.17. The molecule has 0 saturated heterocycles. The Kier molecular flexibility index (Phi) is 3.81. The van der Waals surface area contributed by atoms with Crippen LogP contribution in [0.15, 0.2) is 16.6 Å². The smallest absolute Gasteiger partial charge is 0.136 e. The van der Waals surface area contributed by atoms with E-state index in [1.807, 2.05) is 13.8 Å². The summed E-state index contributed by atoms with van der Waals surface area (Å²) in [7, 11) is 0. The number of phenols is 1. The van der Waals surface area contributed by atoms with E-state index in [1.54, 1.807) is 12.1 Å². The van der Waals surface area contributed by atoms with Gasteiger partial charge in [-0.1, -0.05) is 25.4 Å². The summed E-state index contributed by atoms with van der Waals surface area (Å²) < 4.78 is 0.619. The Hall–Kier alpha value is -0.250. The topological polar surface area (TPSA) is 46.2 Å². The zero-order valence-corrected chi connectivity index (χ0v) is 10.4. The molecule has 78 valence electrons. The lowest BCUT2D eigenvalue weighted by Gasteiger charge is -2.19. The zero-order valence-electron chi connectivity index (χ0n) is 8.09. The molecule has 0 aliphatic carbocycles. The number of aromatic hydroxyl groups is 1. The average molecular weight is 279 g/mol. The van der Waals surface area contributed by atoms with Crippen molar-refractivity contribution in [2.45, 2.75) is 19.9 Å². The molecule has 0 bridgehead atoms. The van der Waals surface area contributed by atoms with E-state index in [0.29, 0.717) is 15.1 Å². The molecule has 1 aromatic carbocycles. The quantitative estimate of drug-likeness (QED) is 0.870. The monoisotopic (exact) mass is 277 g/mol. The van der Waals surface area contributed by atoms with Crippen LogP contribution in [0.5, 0.6) is 5.75 Å². The number of rotatable bonds is 2. The normalized spacial score (nSPS) is 13.3. The lowest BCUT2D eigenvalue weighted by atomic mass is 9.96. The average Bonchev–Trinajstić information content (AvgIpc) is 2.12. The summed E-state index contributed by atoms with van der Waals surface area (Å²) in [4.78, 5) is 0. The first-order valence-corrected chi connectivity index (χ1v) is 5.54. The van der Waals surface area contributed by atoms with Crippen LogP contribution in [-0.4, -0.2) is 5.11 Å². The Labute approximate surface area is 97.2 Å². The lowest BCUT2D eigenvalue weighted by molar-refractivity contribution is 0.437. The Morgan fingerprint density at radius 1 is 1.43 bits per heavy atom. The summed E-state index contributed by atoms with van der Waals surface area (Å²) in [5.74, 6) is 0.367. The van der Waals surface area contributed by atoms with Crippen molar-refractivity contribution in [3.63, 3.8) is 0 Å². The van der Waals surface area contributed by atoms with Crippen LogP contribution in [0.1, 0.15) is 25.5 Å². The molecule has 0 saturated carbocycles. The van der Waals surface area contributed by atoms with Crippen molar-refractivity contribution < 1.29 is 5.11 Å². The highest BCUT2D eigenvalue weighted by molar-refractivity contribution is 9.10. The van der Waals surface area contributed by atoms with Crippen molar-refractivity contribution in [1.29, 1.82) is 0 Å². The molecule has 0 aromatic heterocycles. The van der Waals surface area contributed by atoms with Crippen LogP contribution in [0.25, 0.3) is 0 Å². The highest BCUT2D eigenvalue weighted by Crippen LogP contribution is 2.38. The van der Waals surface area contributed by atoms with Crippen LogP contribution in [0.2, 0.25) is 5.02 Å². The minimum absolute atomic E-state index is 0.138. The molecule has 3 N–H and O–H groups in total. The van der Waals surface area contributed by atoms with Crippen molar-refractivity contribution in [3.8, 4) is 5.75 Å². The molecule has 0 fully saturated rings. The van der Waals surface area contributed by atoms with Crippen molar-refractivity contribution in [2.75, 3.05) is 0 Å². The van der Waals surface area contributed by atoms with Gasteiger partial charge in [0.05, 0.1) is 4.47 Å². The van der Waals surface area contributed by atoms with Gasteiger partial charge in [-0.2, -0.15) is 0 Å². The SMILES string of the molecule is CC(C)[C@H](N)c1c(Cl)ccc(Br)c1O. The molecule has 0 aliphatic heterocycles. The number of halogens is 2. The fraction of sp³-hybridized carbons (Fsp3) is 0.400. The third kappa shape index (κ3) is 2.22. The highest BCUT2D eigenvalue weighted by atomic mass is 79.9. The molecule has 0 amide bonds. The summed E-state index contributed by atoms with van der Waals surface area (Å²) >= 11 is 9.21. The fourth-order valence-corrected chi connectivity index (χ4v) is 1.83. The minimum atomic E-state index is -0.250. The van der Waals surface area contributed by atoms with E-state index in [1.165, 1.54) is 0 Å². The Bertz CT molecular complexity index is 341. The van der Waals surface area contributed by atoms with E-state index in [2.05, 4.69) is 15.9 Å². The van der Waals surface area contributed by atoms with Gasteiger partial charge in [-0.15, -0.1) is 0 Å². The molecule has 2 nitrogen and oxygen atoms in total. The molecule has 4 heteroatoms. The first-order chi connectivity index (χ1) is 6.45. The summed E-state index contributed by atoms with van der Waals surface area (Å²) in [6.45, 7) is 3.97. The van der Waals surface area contributed by atoms with Gasteiger partial charge < -0.3 is 10.8 Å². The van der Waals surface area contributed by atoms with Gasteiger partial charge in [-0.25, -0.2) is 0 Å². The van der Waals surface area contributed by atoms with E-state index in [0.717, 1.165) is 0 Å². The third-order valence-corrected chi connectivity index (χ3v) is 3.14. The maximum atomic E-state index is 9.79. The van der Waals surface area contributed by atoms with Gasteiger partial charge in [0.2, 0.25) is 0 Å². The molecule has 1 rings (SSSR count). The number of phenolic OH excluding ortho intramolecular Hbond substituents is 1. The second kappa shape index (κ2) is 4.51. The summed E-state index contributed by atoms with van der Waals surface area (Å²) in [6, 6.07) is 3.18. The molecule has 1 atom stereocenters. The Morgan fingerprint density at radius 2 is 2.00 bits per heavy atom. The second-order valence-electron chi connectivity index (χ2n) is 3.56. The number of nitrogens with two attached hydrogens (primary N) is 1. The molecule has 0 spiro atoms. The maximum Gasteiger partial charge on any atom is 0.136 e.